The molecule has 0 aromatic heterocycles. The van der Waals surface area contributed by atoms with Crippen molar-refractivity contribution in [3.05, 3.63) is 0 Å². The number of carbonyl (C=O) groups is 1. The van der Waals surface area contributed by atoms with Crippen LogP contribution in [0.15, 0.2) is 0 Å². The Hall–Kier alpha value is -0.650. The molecule has 0 aromatic rings. The Morgan fingerprint density at radius 1 is 1.32 bits per heavy atom. The van der Waals surface area contributed by atoms with Crippen LogP contribution in [0.4, 0.5) is 0 Å². The molecule has 2 rings (SSSR count). The maximum Gasteiger partial charge on any atom is 0.249 e. The first kappa shape index (κ1) is 14.8. The largest absolute Gasteiger partial charge is 0.379 e. The molecule has 5 nitrogen and oxygen atoms in total. The molecule has 2 unspecified atom stereocenters. The molecule has 110 valence electrons. The molecular weight excluding hydrogens is 244 g/mol. The summed E-state index contributed by atoms with van der Waals surface area (Å²) in [6.45, 7) is 9.34. The van der Waals surface area contributed by atoms with E-state index in [4.69, 9.17) is 9.47 Å². The minimum absolute atomic E-state index is 0.0522. The number of hydrogen-bond acceptors (Lipinski definition) is 4. The quantitative estimate of drug-likeness (QED) is 0.796. The van der Waals surface area contributed by atoms with Gasteiger partial charge in [0.15, 0.2) is 0 Å². The molecule has 0 aromatic carbocycles. The second-order valence-corrected chi connectivity index (χ2v) is 5.71. The molecule has 2 atom stereocenters. The Morgan fingerprint density at radius 2 is 2.05 bits per heavy atom. The SMILES string of the molecule is CC(C)C(CNC(=O)C1CCCO1)N1CCOCC1. The topological polar surface area (TPSA) is 50.8 Å². The minimum Gasteiger partial charge on any atom is -0.379 e. The number of ether oxygens (including phenoxy) is 2. The van der Waals surface area contributed by atoms with Gasteiger partial charge in [-0.3, -0.25) is 9.69 Å². The van der Waals surface area contributed by atoms with Gasteiger partial charge in [-0.05, 0) is 18.8 Å². The Bertz CT molecular complexity index is 284. The number of carbonyl (C=O) groups excluding carboxylic acids is 1. The summed E-state index contributed by atoms with van der Waals surface area (Å²) in [6, 6.07) is 0.384. The highest BCUT2D eigenvalue weighted by Crippen LogP contribution is 2.14. The Balaban J connectivity index is 1.80. The molecule has 19 heavy (non-hydrogen) atoms. The Kier molecular flexibility index (Phi) is 5.60. The highest BCUT2D eigenvalue weighted by atomic mass is 16.5. The number of nitrogens with one attached hydrogen (secondary N) is 1. The van der Waals surface area contributed by atoms with Gasteiger partial charge in [0.2, 0.25) is 5.91 Å². The van der Waals surface area contributed by atoms with Crippen LogP contribution in [0.3, 0.4) is 0 Å². The summed E-state index contributed by atoms with van der Waals surface area (Å²) >= 11 is 0. The van der Waals surface area contributed by atoms with E-state index in [1.54, 1.807) is 0 Å². The molecule has 2 aliphatic rings. The van der Waals surface area contributed by atoms with E-state index in [9.17, 15) is 4.79 Å². The molecule has 0 spiro atoms. The molecule has 0 radical (unpaired) electrons. The summed E-state index contributed by atoms with van der Waals surface area (Å²) in [4.78, 5) is 14.4. The number of hydrogen-bond donors (Lipinski definition) is 1. The third kappa shape index (κ3) is 4.16. The van der Waals surface area contributed by atoms with Crippen LogP contribution in [-0.4, -0.2) is 62.4 Å². The zero-order chi connectivity index (χ0) is 13.7. The smallest absolute Gasteiger partial charge is 0.249 e. The summed E-state index contributed by atoms with van der Waals surface area (Å²) in [5.41, 5.74) is 0. The molecule has 2 heterocycles. The van der Waals surface area contributed by atoms with E-state index in [1.165, 1.54) is 0 Å². The molecule has 2 fully saturated rings. The molecular formula is C14H26N2O3. The number of amides is 1. The third-order valence-corrected chi connectivity index (χ3v) is 3.99. The van der Waals surface area contributed by atoms with Gasteiger partial charge in [0.05, 0.1) is 13.2 Å². The molecule has 0 bridgehead atoms. The van der Waals surface area contributed by atoms with Crippen LogP contribution >= 0.6 is 0 Å². The van der Waals surface area contributed by atoms with Crippen LogP contribution in [0, 0.1) is 5.92 Å². The van der Waals surface area contributed by atoms with Gasteiger partial charge in [0, 0.05) is 32.3 Å². The number of nitrogens with zero attached hydrogens (tertiary/aromatic N) is 1. The van der Waals surface area contributed by atoms with E-state index in [0.717, 1.165) is 45.8 Å². The Morgan fingerprint density at radius 3 is 2.63 bits per heavy atom. The van der Waals surface area contributed by atoms with Crippen molar-refractivity contribution in [2.24, 2.45) is 5.92 Å². The van der Waals surface area contributed by atoms with Crippen molar-refractivity contribution >= 4 is 5.91 Å². The van der Waals surface area contributed by atoms with Crippen molar-refractivity contribution in [3.8, 4) is 0 Å². The molecule has 2 aliphatic heterocycles. The predicted octanol–water partition coefficient (Wildman–Crippen LogP) is 0.638. The van der Waals surface area contributed by atoms with Gasteiger partial charge >= 0.3 is 0 Å². The lowest BCUT2D eigenvalue weighted by atomic mass is 10.0. The van der Waals surface area contributed by atoms with Crippen molar-refractivity contribution in [2.45, 2.75) is 38.8 Å². The lowest BCUT2D eigenvalue weighted by molar-refractivity contribution is -0.130. The van der Waals surface area contributed by atoms with Crippen molar-refractivity contribution in [3.63, 3.8) is 0 Å². The van der Waals surface area contributed by atoms with E-state index in [2.05, 4.69) is 24.1 Å². The number of morpholine rings is 1. The monoisotopic (exact) mass is 270 g/mol. The van der Waals surface area contributed by atoms with Crippen molar-refractivity contribution < 1.29 is 14.3 Å². The van der Waals surface area contributed by atoms with E-state index in [0.29, 0.717) is 18.5 Å². The maximum atomic E-state index is 12.0. The van der Waals surface area contributed by atoms with Crippen LogP contribution in [-0.2, 0) is 14.3 Å². The second kappa shape index (κ2) is 7.22. The second-order valence-electron chi connectivity index (χ2n) is 5.71. The normalized spacial score (nSPS) is 26.6. The summed E-state index contributed by atoms with van der Waals surface area (Å²) < 4.78 is 10.8. The van der Waals surface area contributed by atoms with Crippen LogP contribution in [0.2, 0.25) is 0 Å². The van der Waals surface area contributed by atoms with Crippen molar-refractivity contribution in [2.75, 3.05) is 39.5 Å². The first-order valence-corrected chi connectivity index (χ1v) is 7.39. The molecule has 0 saturated carbocycles. The fourth-order valence-corrected chi connectivity index (χ4v) is 2.80. The lowest BCUT2D eigenvalue weighted by Gasteiger charge is -2.37. The first-order chi connectivity index (χ1) is 9.18. The van der Waals surface area contributed by atoms with Gasteiger partial charge in [-0.2, -0.15) is 0 Å². The van der Waals surface area contributed by atoms with Crippen LogP contribution in [0.25, 0.3) is 0 Å². The average molecular weight is 270 g/mol. The van der Waals surface area contributed by atoms with Gasteiger partial charge in [0.25, 0.3) is 0 Å². The fourth-order valence-electron chi connectivity index (χ4n) is 2.80. The highest BCUT2D eigenvalue weighted by Gasteiger charge is 2.27. The van der Waals surface area contributed by atoms with Crippen LogP contribution < -0.4 is 5.32 Å². The molecule has 1 amide bonds. The maximum absolute atomic E-state index is 12.0. The van der Waals surface area contributed by atoms with Gasteiger partial charge in [-0.25, -0.2) is 0 Å². The zero-order valence-electron chi connectivity index (χ0n) is 12.1. The number of rotatable bonds is 5. The van der Waals surface area contributed by atoms with Crippen LogP contribution in [0.1, 0.15) is 26.7 Å². The lowest BCUT2D eigenvalue weighted by Crippen LogP contribution is -2.52. The van der Waals surface area contributed by atoms with Gasteiger partial charge in [-0.15, -0.1) is 0 Å². The minimum atomic E-state index is -0.225. The van der Waals surface area contributed by atoms with Gasteiger partial charge < -0.3 is 14.8 Å². The highest BCUT2D eigenvalue weighted by molar-refractivity contribution is 5.80. The summed E-state index contributed by atoms with van der Waals surface area (Å²) in [6.07, 6.45) is 1.63. The van der Waals surface area contributed by atoms with E-state index in [-0.39, 0.29) is 12.0 Å². The van der Waals surface area contributed by atoms with Gasteiger partial charge in [0.1, 0.15) is 6.10 Å². The van der Waals surface area contributed by atoms with E-state index in [1.807, 2.05) is 0 Å². The van der Waals surface area contributed by atoms with E-state index >= 15 is 0 Å². The van der Waals surface area contributed by atoms with Gasteiger partial charge in [-0.1, -0.05) is 13.8 Å². The predicted molar refractivity (Wildman–Crippen MR) is 73.0 cm³/mol. The molecule has 1 N–H and O–H groups in total. The summed E-state index contributed by atoms with van der Waals surface area (Å²) in [5, 5.41) is 3.06. The Labute approximate surface area is 115 Å². The first-order valence-electron chi connectivity index (χ1n) is 7.39. The zero-order valence-corrected chi connectivity index (χ0v) is 12.1. The summed E-state index contributed by atoms with van der Waals surface area (Å²) in [7, 11) is 0. The standard InChI is InChI=1S/C14H26N2O3/c1-11(2)12(16-5-8-18-9-6-16)10-15-14(17)13-4-3-7-19-13/h11-13H,3-10H2,1-2H3,(H,15,17). The molecule has 0 aliphatic carbocycles. The molecule has 5 heteroatoms. The van der Waals surface area contributed by atoms with Crippen LogP contribution in [0.5, 0.6) is 0 Å². The van der Waals surface area contributed by atoms with E-state index < -0.39 is 0 Å². The fraction of sp³-hybridized carbons (Fsp3) is 0.929. The van der Waals surface area contributed by atoms with Crippen molar-refractivity contribution in [1.29, 1.82) is 0 Å². The summed E-state index contributed by atoms with van der Waals surface area (Å²) in [5.74, 6) is 0.569. The average Bonchev–Trinajstić information content (AvgIpc) is 2.93. The third-order valence-electron chi connectivity index (χ3n) is 3.99. The molecule has 2 saturated heterocycles. The van der Waals surface area contributed by atoms with Crippen molar-refractivity contribution in [1.82, 2.24) is 10.2 Å².